The molecule has 0 unspecified atom stereocenters. The molecule has 128 valence electrons. The van der Waals surface area contributed by atoms with E-state index in [9.17, 15) is 13.2 Å². The molecule has 2 N–H and O–H groups in total. The van der Waals surface area contributed by atoms with Gasteiger partial charge in [0.2, 0.25) is 5.91 Å². The summed E-state index contributed by atoms with van der Waals surface area (Å²) in [4.78, 5) is 11.1. The fourth-order valence-corrected chi connectivity index (χ4v) is 3.77. The fraction of sp³-hybridized carbons (Fsp3) is 0.188. The van der Waals surface area contributed by atoms with Crippen LogP contribution in [0.3, 0.4) is 0 Å². The molecular weight excluding hydrogens is 396 g/mol. The minimum Gasteiger partial charge on any atom is -0.492 e. The number of ether oxygens (including phenoxy) is 1. The number of hydrogen-bond acceptors (Lipinski definition) is 4. The monoisotopic (exact) mass is 412 g/mol. The van der Waals surface area contributed by atoms with Gasteiger partial charge in [0.15, 0.2) is 0 Å². The highest BCUT2D eigenvalue weighted by Crippen LogP contribution is 2.29. The molecule has 0 bridgehead atoms. The first-order valence-electron chi connectivity index (χ1n) is 7.14. The molecule has 1 amide bonds. The quantitative estimate of drug-likeness (QED) is 0.758. The third-order valence-electron chi connectivity index (χ3n) is 2.93. The Balaban J connectivity index is 2.35. The first-order valence-corrected chi connectivity index (χ1v) is 9.42. The lowest BCUT2D eigenvalue weighted by molar-refractivity contribution is -0.114. The van der Waals surface area contributed by atoms with E-state index < -0.39 is 10.0 Å². The Bertz CT molecular complexity index is 853. The second kappa shape index (κ2) is 7.67. The number of benzene rings is 2. The maximum absolute atomic E-state index is 12.7. The molecule has 24 heavy (non-hydrogen) atoms. The van der Waals surface area contributed by atoms with Gasteiger partial charge in [-0.3, -0.25) is 9.52 Å². The topological polar surface area (TPSA) is 84.5 Å². The third kappa shape index (κ3) is 4.72. The molecule has 0 fully saturated rings. The lowest BCUT2D eigenvalue weighted by atomic mass is 10.3. The Kier molecular flexibility index (Phi) is 5.84. The first kappa shape index (κ1) is 18.3. The van der Waals surface area contributed by atoms with Crippen LogP contribution in [0.4, 0.5) is 11.4 Å². The number of carbonyl (C=O) groups is 1. The molecular formula is C16H17BrN2O4S. The highest BCUT2D eigenvalue weighted by atomic mass is 79.9. The van der Waals surface area contributed by atoms with Gasteiger partial charge in [-0.25, -0.2) is 8.42 Å². The molecule has 0 radical (unpaired) electrons. The summed E-state index contributed by atoms with van der Waals surface area (Å²) in [5.41, 5.74) is 0.839. The van der Waals surface area contributed by atoms with Crippen LogP contribution in [-0.2, 0) is 14.8 Å². The summed E-state index contributed by atoms with van der Waals surface area (Å²) in [6, 6.07) is 11.2. The van der Waals surface area contributed by atoms with Crippen LogP contribution in [0.1, 0.15) is 13.8 Å². The molecule has 0 saturated carbocycles. The van der Waals surface area contributed by atoms with Crippen LogP contribution in [0.15, 0.2) is 51.8 Å². The van der Waals surface area contributed by atoms with E-state index in [1.54, 1.807) is 37.3 Å². The largest absolute Gasteiger partial charge is 0.492 e. The number of halogens is 1. The van der Waals surface area contributed by atoms with Crippen molar-refractivity contribution in [3.63, 3.8) is 0 Å². The minimum atomic E-state index is -3.85. The van der Waals surface area contributed by atoms with Gasteiger partial charge >= 0.3 is 0 Å². The average Bonchev–Trinajstić information content (AvgIpc) is 2.48. The first-order chi connectivity index (χ1) is 11.3. The van der Waals surface area contributed by atoms with Crippen molar-refractivity contribution in [3.05, 3.63) is 46.9 Å². The Morgan fingerprint density at radius 3 is 2.54 bits per heavy atom. The van der Waals surface area contributed by atoms with Gasteiger partial charge in [-0.2, -0.15) is 0 Å². The molecule has 0 spiro atoms. The standard InChI is InChI=1S/C16H17BrN2O4S/c1-3-23-15-8-7-12(17)9-16(15)24(21,22)19-14-6-4-5-13(10-14)18-11(2)20/h4-10,19H,3H2,1-2H3,(H,18,20). The minimum absolute atomic E-state index is 0.0312. The molecule has 6 nitrogen and oxygen atoms in total. The lowest BCUT2D eigenvalue weighted by Gasteiger charge is -2.13. The maximum atomic E-state index is 12.7. The Labute approximate surface area is 149 Å². The normalized spacial score (nSPS) is 11.0. The van der Waals surface area contributed by atoms with Gasteiger partial charge in [0.05, 0.1) is 12.3 Å². The summed E-state index contributed by atoms with van der Waals surface area (Å²) in [6.45, 7) is 3.51. The number of anilines is 2. The van der Waals surface area contributed by atoms with Crippen molar-refractivity contribution >= 4 is 43.2 Å². The van der Waals surface area contributed by atoms with Crippen LogP contribution in [0.5, 0.6) is 5.75 Å². The third-order valence-corrected chi connectivity index (χ3v) is 4.83. The van der Waals surface area contributed by atoms with Crippen LogP contribution in [0.2, 0.25) is 0 Å². The zero-order valence-corrected chi connectivity index (χ0v) is 15.6. The Morgan fingerprint density at radius 2 is 1.88 bits per heavy atom. The Hall–Kier alpha value is -2.06. The van der Waals surface area contributed by atoms with Crippen molar-refractivity contribution < 1.29 is 17.9 Å². The van der Waals surface area contributed by atoms with Crippen molar-refractivity contribution in [2.24, 2.45) is 0 Å². The summed E-state index contributed by atoms with van der Waals surface area (Å²) in [6.07, 6.45) is 0. The maximum Gasteiger partial charge on any atom is 0.265 e. The van der Waals surface area contributed by atoms with Gasteiger partial charge in [0.1, 0.15) is 10.6 Å². The van der Waals surface area contributed by atoms with E-state index in [4.69, 9.17) is 4.74 Å². The van der Waals surface area contributed by atoms with Gasteiger partial charge in [0.25, 0.3) is 10.0 Å². The van der Waals surface area contributed by atoms with Crippen LogP contribution < -0.4 is 14.8 Å². The van der Waals surface area contributed by atoms with Gasteiger partial charge < -0.3 is 10.1 Å². The molecule has 2 rings (SSSR count). The second-order valence-electron chi connectivity index (χ2n) is 4.89. The summed E-state index contributed by atoms with van der Waals surface area (Å²) in [5, 5.41) is 2.61. The van der Waals surface area contributed by atoms with Crippen molar-refractivity contribution in [1.29, 1.82) is 0 Å². The van der Waals surface area contributed by atoms with Crippen LogP contribution >= 0.6 is 15.9 Å². The predicted octanol–water partition coefficient (Wildman–Crippen LogP) is 3.61. The predicted molar refractivity (Wildman–Crippen MR) is 96.9 cm³/mol. The van der Waals surface area contributed by atoms with Gasteiger partial charge in [-0.05, 0) is 43.3 Å². The zero-order chi connectivity index (χ0) is 17.7. The summed E-state index contributed by atoms with van der Waals surface area (Å²) in [5.74, 6) is 0.0341. The summed E-state index contributed by atoms with van der Waals surface area (Å²) >= 11 is 3.27. The molecule has 0 aliphatic rings. The molecule has 2 aromatic carbocycles. The smallest absolute Gasteiger partial charge is 0.265 e. The van der Waals surface area contributed by atoms with E-state index in [0.29, 0.717) is 22.5 Å². The van der Waals surface area contributed by atoms with E-state index in [-0.39, 0.29) is 16.6 Å². The second-order valence-corrected chi connectivity index (χ2v) is 7.46. The number of nitrogens with one attached hydrogen (secondary N) is 2. The number of sulfonamides is 1. The van der Waals surface area contributed by atoms with E-state index in [2.05, 4.69) is 26.0 Å². The molecule has 0 heterocycles. The van der Waals surface area contributed by atoms with Crippen molar-refractivity contribution in [1.82, 2.24) is 0 Å². The average molecular weight is 413 g/mol. The van der Waals surface area contributed by atoms with Crippen molar-refractivity contribution in [3.8, 4) is 5.75 Å². The number of hydrogen-bond donors (Lipinski definition) is 2. The molecule has 0 atom stereocenters. The molecule has 0 aromatic heterocycles. The van der Waals surface area contributed by atoms with Crippen molar-refractivity contribution in [2.45, 2.75) is 18.7 Å². The SMILES string of the molecule is CCOc1ccc(Br)cc1S(=O)(=O)Nc1cccc(NC(C)=O)c1. The summed E-state index contributed by atoms with van der Waals surface area (Å²) < 4.78 is 33.9. The van der Waals surface area contributed by atoms with Crippen LogP contribution in [0, 0.1) is 0 Å². The van der Waals surface area contributed by atoms with E-state index in [1.807, 2.05) is 0 Å². The molecule has 0 aliphatic carbocycles. The van der Waals surface area contributed by atoms with Crippen LogP contribution in [-0.4, -0.2) is 20.9 Å². The lowest BCUT2D eigenvalue weighted by Crippen LogP contribution is -2.15. The number of amides is 1. The van der Waals surface area contributed by atoms with Gasteiger partial charge in [-0.15, -0.1) is 0 Å². The summed E-state index contributed by atoms with van der Waals surface area (Å²) in [7, 11) is -3.85. The molecule has 2 aromatic rings. The number of carbonyl (C=O) groups excluding carboxylic acids is 1. The molecule has 8 heteroatoms. The van der Waals surface area contributed by atoms with Gasteiger partial charge in [-0.1, -0.05) is 22.0 Å². The zero-order valence-electron chi connectivity index (χ0n) is 13.2. The van der Waals surface area contributed by atoms with Crippen molar-refractivity contribution in [2.75, 3.05) is 16.6 Å². The Morgan fingerprint density at radius 1 is 1.17 bits per heavy atom. The molecule has 0 aliphatic heterocycles. The molecule has 0 saturated heterocycles. The highest BCUT2D eigenvalue weighted by molar-refractivity contribution is 9.10. The highest BCUT2D eigenvalue weighted by Gasteiger charge is 2.20. The van der Waals surface area contributed by atoms with E-state index in [1.165, 1.54) is 19.1 Å². The van der Waals surface area contributed by atoms with Gasteiger partial charge in [0, 0.05) is 17.1 Å². The van der Waals surface area contributed by atoms with E-state index >= 15 is 0 Å². The van der Waals surface area contributed by atoms with E-state index in [0.717, 1.165) is 0 Å². The fourth-order valence-electron chi connectivity index (χ4n) is 2.04. The van der Waals surface area contributed by atoms with Crippen LogP contribution in [0.25, 0.3) is 0 Å². The number of rotatable bonds is 6.